The second-order valence-corrected chi connectivity index (χ2v) is 3.44. The molecule has 2 N–H and O–H groups in total. The third kappa shape index (κ3) is 7.27. The van der Waals surface area contributed by atoms with Gasteiger partial charge in [-0.3, -0.25) is 0 Å². The van der Waals surface area contributed by atoms with Crippen molar-refractivity contribution in [2.24, 2.45) is 0 Å². The van der Waals surface area contributed by atoms with Crippen molar-refractivity contribution in [3.63, 3.8) is 0 Å². The summed E-state index contributed by atoms with van der Waals surface area (Å²) in [4.78, 5) is 10.1. The first-order valence-corrected chi connectivity index (χ1v) is 5.53. The summed E-state index contributed by atoms with van der Waals surface area (Å²) in [5.41, 5.74) is 0.898. The SMILES string of the molecule is C1COCCN1.O=C(O)C=Cc1ccccc1. The molecule has 0 saturated carbocycles. The molecule has 0 aromatic heterocycles. The van der Waals surface area contributed by atoms with Gasteiger partial charge < -0.3 is 15.2 Å². The molecule has 92 valence electrons. The van der Waals surface area contributed by atoms with Crippen LogP contribution in [0.1, 0.15) is 5.56 Å². The van der Waals surface area contributed by atoms with E-state index in [2.05, 4.69) is 5.32 Å². The molecule has 1 aromatic carbocycles. The Morgan fingerprint density at radius 3 is 2.29 bits per heavy atom. The highest BCUT2D eigenvalue weighted by Gasteiger charge is 1.93. The Morgan fingerprint density at radius 1 is 1.24 bits per heavy atom. The van der Waals surface area contributed by atoms with Crippen LogP contribution in [-0.4, -0.2) is 37.4 Å². The number of carboxylic acid groups (broad SMARTS) is 1. The fourth-order valence-electron chi connectivity index (χ4n) is 1.25. The first-order valence-electron chi connectivity index (χ1n) is 5.53. The van der Waals surface area contributed by atoms with Gasteiger partial charge in [0.2, 0.25) is 0 Å². The molecule has 1 fully saturated rings. The number of hydrogen-bond donors (Lipinski definition) is 2. The zero-order valence-corrected chi connectivity index (χ0v) is 9.63. The standard InChI is InChI=1S/C9H8O2.C4H9NO/c10-9(11)7-6-8-4-2-1-3-5-8;1-3-6-4-2-5-1/h1-7H,(H,10,11);5H,1-4H2. The van der Waals surface area contributed by atoms with Crippen molar-refractivity contribution in [1.82, 2.24) is 5.32 Å². The Hall–Kier alpha value is -1.65. The van der Waals surface area contributed by atoms with E-state index in [4.69, 9.17) is 9.84 Å². The van der Waals surface area contributed by atoms with Crippen LogP contribution in [-0.2, 0) is 9.53 Å². The van der Waals surface area contributed by atoms with E-state index in [9.17, 15) is 4.79 Å². The van der Waals surface area contributed by atoms with Gasteiger partial charge in [0.05, 0.1) is 13.2 Å². The summed E-state index contributed by atoms with van der Waals surface area (Å²) in [5.74, 6) is -0.922. The van der Waals surface area contributed by atoms with E-state index in [1.165, 1.54) is 0 Å². The van der Waals surface area contributed by atoms with Crippen LogP contribution in [0.15, 0.2) is 36.4 Å². The highest BCUT2D eigenvalue weighted by Crippen LogP contribution is 1.99. The Kier molecular flexibility index (Phi) is 6.70. The highest BCUT2D eigenvalue weighted by molar-refractivity contribution is 5.85. The Balaban J connectivity index is 0.000000202. The molecule has 4 nitrogen and oxygen atoms in total. The van der Waals surface area contributed by atoms with Gasteiger partial charge >= 0.3 is 5.97 Å². The van der Waals surface area contributed by atoms with E-state index < -0.39 is 5.97 Å². The highest BCUT2D eigenvalue weighted by atomic mass is 16.5. The van der Waals surface area contributed by atoms with E-state index in [-0.39, 0.29) is 0 Å². The third-order valence-corrected chi connectivity index (χ3v) is 2.06. The van der Waals surface area contributed by atoms with Crippen LogP contribution < -0.4 is 5.32 Å². The molecule has 1 aliphatic heterocycles. The molecule has 4 heteroatoms. The van der Waals surface area contributed by atoms with Gasteiger partial charge in [0, 0.05) is 19.2 Å². The summed E-state index contributed by atoms with van der Waals surface area (Å²) in [5, 5.41) is 11.4. The van der Waals surface area contributed by atoms with Crippen LogP contribution in [0.4, 0.5) is 0 Å². The molecule has 1 saturated heterocycles. The van der Waals surface area contributed by atoms with Crippen LogP contribution in [0.5, 0.6) is 0 Å². The fourth-order valence-corrected chi connectivity index (χ4v) is 1.25. The molecular weight excluding hydrogens is 218 g/mol. The van der Waals surface area contributed by atoms with Gasteiger partial charge in [0.25, 0.3) is 0 Å². The average Bonchev–Trinajstić information content (AvgIpc) is 2.40. The minimum atomic E-state index is -0.922. The van der Waals surface area contributed by atoms with E-state index in [0.717, 1.165) is 37.9 Å². The van der Waals surface area contributed by atoms with E-state index in [0.29, 0.717) is 0 Å². The molecule has 1 aromatic rings. The van der Waals surface area contributed by atoms with Crippen LogP contribution in [0.3, 0.4) is 0 Å². The molecule has 0 radical (unpaired) electrons. The molecule has 1 heterocycles. The monoisotopic (exact) mass is 235 g/mol. The largest absolute Gasteiger partial charge is 0.478 e. The number of carbonyl (C=O) groups is 1. The van der Waals surface area contributed by atoms with Crippen LogP contribution in [0, 0.1) is 0 Å². The summed E-state index contributed by atoms with van der Waals surface area (Å²) in [7, 11) is 0. The van der Waals surface area contributed by atoms with Crippen molar-refractivity contribution in [2.45, 2.75) is 0 Å². The van der Waals surface area contributed by atoms with Gasteiger partial charge in [-0.2, -0.15) is 0 Å². The van der Waals surface area contributed by atoms with Gasteiger partial charge in [-0.15, -0.1) is 0 Å². The first kappa shape index (κ1) is 13.4. The van der Waals surface area contributed by atoms with E-state index >= 15 is 0 Å². The molecule has 0 unspecified atom stereocenters. The Labute approximate surface area is 101 Å². The number of nitrogens with one attached hydrogen (secondary N) is 1. The topological polar surface area (TPSA) is 58.6 Å². The number of benzene rings is 1. The predicted molar refractivity (Wildman–Crippen MR) is 66.8 cm³/mol. The summed E-state index contributed by atoms with van der Waals surface area (Å²) >= 11 is 0. The maximum atomic E-state index is 10.1. The Morgan fingerprint density at radius 2 is 1.88 bits per heavy atom. The number of rotatable bonds is 2. The number of carboxylic acids is 1. The molecule has 2 rings (SSSR count). The fraction of sp³-hybridized carbons (Fsp3) is 0.308. The van der Waals surface area contributed by atoms with Gasteiger partial charge in [-0.05, 0) is 11.6 Å². The molecule has 0 atom stereocenters. The minimum Gasteiger partial charge on any atom is -0.478 e. The van der Waals surface area contributed by atoms with Crippen molar-refractivity contribution in [3.05, 3.63) is 42.0 Å². The normalized spacial score (nSPS) is 15.1. The zero-order chi connectivity index (χ0) is 12.3. The molecule has 0 spiro atoms. The quantitative estimate of drug-likeness (QED) is 0.761. The number of hydrogen-bond acceptors (Lipinski definition) is 3. The lowest BCUT2D eigenvalue weighted by Crippen LogP contribution is -2.30. The van der Waals surface area contributed by atoms with Crippen molar-refractivity contribution >= 4 is 12.0 Å². The van der Waals surface area contributed by atoms with Crippen LogP contribution in [0.2, 0.25) is 0 Å². The zero-order valence-electron chi connectivity index (χ0n) is 9.63. The lowest BCUT2D eigenvalue weighted by Gasteiger charge is -2.10. The second kappa shape index (κ2) is 8.50. The molecule has 0 bridgehead atoms. The van der Waals surface area contributed by atoms with E-state index in [1.54, 1.807) is 6.08 Å². The molecule has 0 amide bonds. The predicted octanol–water partition coefficient (Wildman–Crippen LogP) is 1.39. The number of ether oxygens (including phenoxy) is 1. The van der Waals surface area contributed by atoms with Crippen LogP contribution in [0.25, 0.3) is 6.08 Å². The maximum Gasteiger partial charge on any atom is 0.328 e. The summed E-state index contributed by atoms with van der Waals surface area (Å²) in [6.07, 6.45) is 2.68. The molecule has 17 heavy (non-hydrogen) atoms. The van der Waals surface area contributed by atoms with Crippen LogP contribution >= 0.6 is 0 Å². The van der Waals surface area contributed by atoms with Crippen molar-refractivity contribution in [1.29, 1.82) is 0 Å². The molecule has 1 aliphatic rings. The third-order valence-electron chi connectivity index (χ3n) is 2.06. The number of aliphatic carboxylic acids is 1. The lowest BCUT2D eigenvalue weighted by atomic mass is 10.2. The van der Waals surface area contributed by atoms with E-state index in [1.807, 2.05) is 30.3 Å². The second-order valence-electron chi connectivity index (χ2n) is 3.44. The van der Waals surface area contributed by atoms with Crippen molar-refractivity contribution in [2.75, 3.05) is 26.3 Å². The molecular formula is C13H17NO3. The first-order chi connectivity index (χ1) is 8.29. The van der Waals surface area contributed by atoms with Crippen molar-refractivity contribution in [3.8, 4) is 0 Å². The summed E-state index contributed by atoms with van der Waals surface area (Å²) < 4.78 is 5.01. The molecule has 0 aliphatic carbocycles. The smallest absolute Gasteiger partial charge is 0.328 e. The average molecular weight is 235 g/mol. The van der Waals surface area contributed by atoms with Gasteiger partial charge in [-0.25, -0.2) is 4.79 Å². The lowest BCUT2D eigenvalue weighted by molar-refractivity contribution is -0.131. The van der Waals surface area contributed by atoms with Crippen molar-refractivity contribution < 1.29 is 14.6 Å². The summed E-state index contributed by atoms with van der Waals surface area (Å²) in [6.45, 7) is 3.83. The minimum absolute atomic E-state index is 0.889. The Bertz CT molecular complexity index is 333. The summed E-state index contributed by atoms with van der Waals surface area (Å²) in [6, 6.07) is 9.31. The maximum absolute atomic E-state index is 10.1. The van der Waals surface area contributed by atoms with Gasteiger partial charge in [-0.1, -0.05) is 30.3 Å². The van der Waals surface area contributed by atoms with Gasteiger partial charge in [0.15, 0.2) is 0 Å². The number of morpholine rings is 1. The van der Waals surface area contributed by atoms with Gasteiger partial charge in [0.1, 0.15) is 0 Å².